The van der Waals surface area contributed by atoms with Crippen molar-refractivity contribution in [2.24, 2.45) is 5.41 Å². The zero-order chi connectivity index (χ0) is 25.6. The number of benzene rings is 2. The van der Waals surface area contributed by atoms with Crippen LogP contribution in [0.2, 0.25) is 5.02 Å². The second-order valence-corrected chi connectivity index (χ2v) is 14.2. The number of ether oxygens (including phenoxy) is 2. The van der Waals surface area contributed by atoms with Gasteiger partial charge in [-0.1, -0.05) is 23.7 Å². The number of hydrogen-bond donors (Lipinski definition) is 2. The Morgan fingerprint density at radius 2 is 1.86 bits per heavy atom. The van der Waals surface area contributed by atoms with Gasteiger partial charge in [-0.25, -0.2) is 4.98 Å². The van der Waals surface area contributed by atoms with E-state index in [0.29, 0.717) is 35.4 Å². The minimum absolute atomic E-state index is 0.297. The molecule has 0 radical (unpaired) electrons. The van der Waals surface area contributed by atoms with Crippen LogP contribution >= 0.6 is 18.7 Å². The summed E-state index contributed by atoms with van der Waals surface area (Å²) in [5.74, 6) is 0.872. The highest BCUT2D eigenvalue weighted by atomic mass is 35.5. The largest absolute Gasteiger partial charge is 0.381 e. The molecule has 2 fully saturated rings. The minimum atomic E-state index is -2.50. The minimum Gasteiger partial charge on any atom is -0.381 e. The van der Waals surface area contributed by atoms with Crippen LogP contribution in [0.4, 0.5) is 28.8 Å². The van der Waals surface area contributed by atoms with Gasteiger partial charge in [-0.2, -0.15) is 4.98 Å². The van der Waals surface area contributed by atoms with Gasteiger partial charge in [0.2, 0.25) is 5.95 Å². The summed E-state index contributed by atoms with van der Waals surface area (Å²) in [6.07, 6.45) is 3.88. The van der Waals surface area contributed by atoms with Crippen molar-refractivity contribution in [3.8, 4) is 0 Å². The molecule has 1 spiro atoms. The van der Waals surface area contributed by atoms with Crippen LogP contribution in [-0.2, 0) is 27.3 Å². The molecule has 3 aliphatic rings. The van der Waals surface area contributed by atoms with E-state index in [1.54, 1.807) is 19.5 Å². The van der Waals surface area contributed by atoms with Crippen LogP contribution in [0.3, 0.4) is 0 Å². The fourth-order valence-corrected chi connectivity index (χ4v) is 6.89. The first-order valence-electron chi connectivity index (χ1n) is 12.6. The molecule has 2 N–H and O–H groups in total. The Labute approximate surface area is 222 Å². The number of rotatable bonds is 6. The summed E-state index contributed by atoms with van der Waals surface area (Å²) in [5.41, 5.74) is 5.56. The number of halogens is 1. The van der Waals surface area contributed by atoms with Gasteiger partial charge < -0.3 is 29.6 Å². The summed E-state index contributed by atoms with van der Waals surface area (Å²) >= 11 is 6.44. The van der Waals surface area contributed by atoms with Gasteiger partial charge in [-0.15, -0.1) is 0 Å². The predicted octanol–water partition coefficient (Wildman–Crippen LogP) is 5.51. The summed E-state index contributed by atoms with van der Waals surface area (Å²) in [4.78, 5) is 11.5. The molecule has 194 valence electrons. The molecule has 8 nitrogen and oxygen atoms in total. The van der Waals surface area contributed by atoms with E-state index < -0.39 is 7.14 Å². The van der Waals surface area contributed by atoms with E-state index in [0.717, 1.165) is 55.0 Å². The van der Waals surface area contributed by atoms with Crippen molar-refractivity contribution in [3.63, 3.8) is 0 Å². The third kappa shape index (κ3) is 4.84. The highest BCUT2D eigenvalue weighted by Crippen LogP contribution is 2.44. The lowest BCUT2D eigenvalue weighted by Gasteiger charge is -2.25. The van der Waals surface area contributed by atoms with E-state index >= 15 is 0 Å². The molecular formula is C27H31ClN5O3P. The number of anilines is 5. The molecule has 0 saturated carbocycles. The van der Waals surface area contributed by atoms with Gasteiger partial charge in [-0.05, 0) is 50.4 Å². The zero-order valence-corrected chi connectivity index (χ0v) is 22.7. The van der Waals surface area contributed by atoms with Crippen molar-refractivity contribution in [3.05, 3.63) is 58.7 Å². The van der Waals surface area contributed by atoms with Crippen molar-refractivity contribution in [2.75, 3.05) is 55.2 Å². The molecule has 2 aromatic carbocycles. The lowest BCUT2D eigenvalue weighted by Crippen LogP contribution is -2.28. The second-order valence-electron chi connectivity index (χ2n) is 10.6. The van der Waals surface area contributed by atoms with Gasteiger partial charge >= 0.3 is 0 Å². The first kappa shape index (κ1) is 24.7. The van der Waals surface area contributed by atoms with E-state index in [9.17, 15) is 4.57 Å². The van der Waals surface area contributed by atoms with Crippen molar-refractivity contribution in [1.29, 1.82) is 0 Å². The van der Waals surface area contributed by atoms with E-state index in [-0.39, 0.29) is 0 Å². The standard InChI is InChI=1S/C27H31ClN5O3P/c1-37(2,34)24-6-4-3-5-22(24)30-25-20(28)13-29-26(32-25)31-21-7-8-23(19-15-36-14-18(19)21)33-11-9-27(16-33)10-12-35-17-27/h3-8,13H,9-12,14-17H2,1-2H3,(H2,29,30,31,32). The van der Waals surface area contributed by atoms with E-state index in [1.807, 2.05) is 24.3 Å². The Kier molecular flexibility index (Phi) is 6.40. The maximum absolute atomic E-state index is 12.8. The van der Waals surface area contributed by atoms with Gasteiger partial charge in [-0.3, -0.25) is 0 Å². The molecule has 1 unspecified atom stereocenters. The maximum atomic E-state index is 12.8. The van der Waals surface area contributed by atoms with E-state index in [2.05, 4.69) is 37.6 Å². The molecule has 6 rings (SSSR count). The fraction of sp³-hybridized carbons (Fsp3) is 0.407. The van der Waals surface area contributed by atoms with Gasteiger partial charge in [0.05, 0.1) is 31.7 Å². The van der Waals surface area contributed by atoms with Crippen LogP contribution < -0.4 is 20.8 Å². The number of nitrogens with zero attached hydrogens (tertiary/aromatic N) is 3. The van der Waals surface area contributed by atoms with E-state index in [4.69, 9.17) is 21.1 Å². The normalized spacial score (nSPS) is 21.0. The van der Waals surface area contributed by atoms with Crippen LogP contribution in [0.25, 0.3) is 0 Å². The summed E-state index contributed by atoms with van der Waals surface area (Å²) in [6.45, 7) is 8.45. The molecule has 4 heterocycles. The Bertz CT molecular complexity index is 1390. The molecular weight excluding hydrogens is 509 g/mol. The molecule has 10 heteroatoms. The monoisotopic (exact) mass is 539 g/mol. The highest BCUT2D eigenvalue weighted by molar-refractivity contribution is 7.70. The number of aromatic nitrogens is 2. The molecule has 2 saturated heterocycles. The highest BCUT2D eigenvalue weighted by Gasteiger charge is 2.42. The lowest BCUT2D eigenvalue weighted by molar-refractivity contribution is 0.135. The summed E-state index contributed by atoms with van der Waals surface area (Å²) in [5, 5.41) is 7.76. The predicted molar refractivity (Wildman–Crippen MR) is 149 cm³/mol. The van der Waals surface area contributed by atoms with Crippen LogP contribution in [0.15, 0.2) is 42.6 Å². The number of para-hydroxylation sites is 1. The summed E-state index contributed by atoms with van der Waals surface area (Å²) in [7, 11) is -2.50. The third-order valence-corrected chi connectivity index (χ3v) is 9.42. The molecule has 0 amide bonds. The van der Waals surface area contributed by atoms with Crippen LogP contribution in [-0.4, -0.2) is 49.6 Å². The average molecular weight is 540 g/mol. The second kappa shape index (κ2) is 9.59. The topological polar surface area (TPSA) is 88.6 Å². The van der Waals surface area contributed by atoms with Crippen LogP contribution in [0, 0.1) is 5.41 Å². The van der Waals surface area contributed by atoms with Crippen molar-refractivity contribution in [2.45, 2.75) is 26.1 Å². The Morgan fingerprint density at radius 1 is 1.03 bits per heavy atom. The smallest absolute Gasteiger partial charge is 0.229 e. The molecule has 3 aliphatic heterocycles. The fourth-order valence-electron chi connectivity index (χ4n) is 5.60. The van der Waals surface area contributed by atoms with Crippen LogP contribution in [0.5, 0.6) is 0 Å². The van der Waals surface area contributed by atoms with Crippen molar-refractivity contribution < 1.29 is 14.0 Å². The Morgan fingerprint density at radius 3 is 2.68 bits per heavy atom. The number of hydrogen-bond acceptors (Lipinski definition) is 8. The number of nitrogens with one attached hydrogen (secondary N) is 2. The van der Waals surface area contributed by atoms with Crippen LogP contribution in [0.1, 0.15) is 24.0 Å². The molecule has 0 aliphatic carbocycles. The average Bonchev–Trinajstić information content (AvgIpc) is 3.63. The van der Waals surface area contributed by atoms with E-state index in [1.165, 1.54) is 17.7 Å². The Hall–Kier alpha value is -2.64. The quantitative estimate of drug-likeness (QED) is 0.396. The van der Waals surface area contributed by atoms with Gasteiger partial charge in [0.15, 0.2) is 5.82 Å². The molecule has 1 aromatic heterocycles. The van der Waals surface area contributed by atoms with Gasteiger partial charge in [0, 0.05) is 52.9 Å². The molecule has 3 aromatic rings. The third-order valence-electron chi connectivity index (χ3n) is 7.59. The van der Waals surface area contributed by atoms with Gasteiger partial charge in [0.1, 0.15) is 12.2 Å². The lowest BCUT2D eigenvalue weighted by atomic mass is 9.87. The number of fused-ring (bicyclic) bond motifs is 1. The molecule has 1 atom stereocenters. The first-order valence-corrected chi connectivity index (χ1v) is 15.6. The molecule has 37 heavy (non-hydrogen) atoms. The van der Waals surface area contributed by atoms with Crippen molar-refractivity contribution >= 4 is 52.9 Å². The van der Waals surface area contributed by atoms with Gasteiger partial charge in [0.25, 0.3) is 0 Å². The summed E-state index contributed by atoms with van der Waals surface area (Å²) < 4.78 is 24.4. The molecule has 0 bridgehead atoms. The maximum Gasteiger partial charge on any atom is 0.229 e. The van der Waals surface area contributed by atoms with Crippen molar-refractivity contribution in [1.82, 2.24) is 9.97 Å². The zero-order valence-electron chi connectivity index (χ0n) is 21.1. The first-order chi connectivity index (χ1) is 17.8. The SMILES string of the molecule is CP(C)(=O)c1ccccc1Nc1nc(Nc2ccc(N3CCC4(CCOC4)C3)c3c2COC3)ncc1Cl. The summed E-state index contributed by atoms with van der Waals surface area (Å²) in [6, 6.07) is 11.8. The Balaban J connectivity index is 1.26.